The molecule has 15 heavy (non-hydrogen) atoms. The van der Waals surface area contributed by atoms with Gasteiger partial charge in [0.2, 0.25) is 0 Å². The van der Waals surface area contributed by atoms with Crippen LogP contribution in [0.4, 0.5) is 4.79 Å². The van der Waals surface area contributed by atoms with Gasteiger partial charge < -0.3 is 4.90 Å². The Morgan fingerprint density at radius 3 is 3.07 bits per heavy atom. The lowest BCUT2D eigenvalue weighted by molar-refractivity contribution is 0.129. The van der Waals surface area contributed by atoms with Crippen molar-refractivity contribution in [1.29, 1.82) is 0 Å². The maximum Gasteiger partial charge on any atom is 0.341 e. The van der Waals surface area contributed by atoms with Gasteiger partial charge in [-0.1, -0.05) is 18.2 Å². The molecule has 0 bridgehead atoms. The van der Waals surface area contributed by atoms with Crippen LogP contribution in [0.3, 0.4) is 0 Å². The Bertz CT molecular complexity index is 370. The number of nitrogens with one attached hydrogen (secondary N) is 1. The first kappa shape index (κ1) is 10.3. The largest absolute Gasteiger partial charge is 0.341 e. The summed E-state index contributed by atoms with van der Waals surface area (Å²) in [7, 11) is 0. The monoisotopic (exact) mass is 224 g/mol. The molecule has 0 aliphatic carbocycles. The van der Waals surface area contributed by atoms with Crippen LogP contribution in [0, 0.1) is 0 Å². The summed E-state index contributed by atoms with van der Waals surface area (Å²) in [6, 6.07) is 7.58. The smallest absolute Gasteiger partial charge is 0.318 e. The molecule has 0 aromatic heterocycles. The number of nitrogens with zero attached hydrogens (tertiary/aromatic N) is 1. The van der Waals surface area contributed by atoms with E-state index in [1.54, 1.807) is 22.1 Å². The van der Waals surface area contributed by atoms with E-state index >= 15 is 0 Å². The van der Waals surface area contributed by atoms with E-state index in [-0.39, 0.29) is 0 Å². The molecule has 0 unspecified atom stereocenters. The van der Waals surface area contributed by atoms with Gasteiger partial charge in [0.15, 0.2) is 0 Å². The van der Waals surface area contributed by atoms with Crippen LogP contribution in [0.2, 0.25) is 0 Å². The number of rotatable bonds is 0. The molecule has 80 valence electrons. The Morgan fingerprint density at radius 2 is 2.27 bits per heavy atom. The van der Waals surface area contributed by atoms with Crippen molar-refractivity contribution in [1.82, 2.24) is 10.4 Å². The molecule has 2 amide bonds. The number of carbonyl (C=O) groups is 1. The number of fused-ring (bicyclic) bond motifs is 1. The van der Waals surface area contributed by atoms with Crippen LogP contribution in [0.1, 0.15) is 5.56 Å². The van der Waals surface area contributed by atoms with Crippen molar-refractivity contribution in [3.05, 3.63) is 29.8 Å². The molecule has 0 saturated heterocycles. The zero-order valence-electron chi connectivity index (χ0n) is 8.14. The normalized spacial score (nSPS) is 15.4. The summed E-state index contributed by atoms with van der Waals surface area (Å²) in [5, 5.41) is 8.58. The second-order valence-electron chi connectivity index (χ2n) is 3.29. The van der Waals surface area contributed by atoms with Crippen LogP contribution in [0.5, 0.6) is 0 Å². The van der Waals surface area contributed by atoms with Crippen LogP contribution in [-0.2, 0) is 6.54 Å². The van der Waals surface area contributed by atoms with Gasteiger partial charge in [-0.3, -0.25) is 5.21 Å². The molecule has 0 atom stereocenters. The van der Waals surface area contributed by atoms with E-state index in [2.05, 4.69) is 6.07 Å². The van der Waals surface area contributed by atoms with E-state index in [1.807, 2.05) is 18.2 Å². The Kier molecular flexibility index (Phi) is 3.13. The molecule has 0 radical (unpaired) electrons. The fourth-order valence-electron chi connectivity index (χ4n) is 1.57. The van der Waals surface area contributed by atoms with E-state index in [1.165, 1.54) is 4.90 Å². The topological polar surface area (TPSA) is 52.6 Å². The SMILES string of the molecule is O=C(NO)N1CCSc2ccccc2C1. The summed E-state index contributed by atoms with van der Waals surface area (Å²) >= 11 is 1.74. The first-order valence-corrected chi connectivity index (χ1v) is 5.69. The maximum atomic E-state index is 11.3. The third-order valence-electron chi connectivity index (χ3n) is 2.34. The van der Waals surface area contributed by atoms with Crippen molar-refractivity contribution < 1.29 is 10.0 Å². The summed E-state index contributed by atoms with van der Waals surface area (Å²) in [5.41, 5.74) is 2.80. The molecule has 5 heteroatoms. The van der Waals surface area contributed by atoms with Gasteiger partial charge in [-0.2, -0.15) is 0 Å². The number of hydrogen-bond donors (Lipinski definition) is 2. The van der Waals surface area contributed by atoms with E-state index < -0.39 is 6.03 Å². The first-order chi connectivity index (χ1) is 7.31. The molecule has 1 heterocycles. The average molecular weight is 224 g/mol. The van der Waals surface area contributed by atoms with Gasteiger partial charge in [0.25, 0.3) is 0 Å². The molecule has 4 nitrogen and oxygen atoms in total. The zero-order valence-corrected chi connectivity index (χ0v) is 8.96. The second-order valence-corrected chi connectivity index (χ2v) is 4.43. The lowest BCUT2D eigenvalue weighted by atomic mass is 10.2. The van der Waals surface area contributed by atoms with Crippen molar-refractivity contribution in [3.8, 4) is 0 Å². The van der Waals surface area contributed by atoms with Crippen molar-refractivity contribution >= 4 is 17.8 Å². The van der Waals surface area contributed by atoms with Crippen molar-refractivity contribution in [2.24, 2.45) is 0 Å². The van der Waals surface area contributed by atoms with Crippen LogP contribution >= 0.6 is 11.8 Å². The molecular weight excluding hydrogens is 212 g/mol. The molecule has 2 N–H and O–H groups in total. The Labute approximate surface area is 92.2 Å². The van der Waals surface area contributed by atoms with Gasteiger partial charge in [-0.25, -0.2) is 10.3 Å². The number of amides is 2. The molecule has 2 rings (SSSR count). The molecule has 0 fully saturated rings. The standard InChI is InChI=1S/C10H12N2O2S/c13-10(11-14)12-5-6-15-9-4-2-1-3-8(9)7-12/h1-4,14H,5-7H2,(H,11,13). The minimum Gasteiger partial charge on any atom is -0.318 e. The van der Waals surface area contributed by atoms with Crippen LogP contribution in [-0.4, -0.2) is 28.4 Å². The predicted octanol–water partition coefficient (Wildman–Crippen LogP) is 1.69. The molecule has 1 aliphatic heterocycles. The van der Waals surface area contributed by atoms with Crippen molar-refractivity contribution in [2.75, 3.05) is 12.3 Å². The number of urea groups is 1. The van der Waals surface area contributed by atoms with Gasteiger partial charge in [0, 0.05) is 23.7 Å². The Balaban J connectivity index is 2.21. The fourth-order valence-corrected chi connectivity index (χ4v) is 2.59. The minimum atomic E-state index is -0.438. The van der Waals surface area contributed by atoms with E-state index in [0.717, 1.165) is 11.3 Å². The lowest BCUT2D eigenvalue weighted by Gasteiger charge is -2.18. The van der Waals surface area contributed by atoms with E-state index in [0.29, 0.717) is 13.1 Å². The molecule has 0 spiro atoms. The van der Waals surface area contributed by atoms with Gasteiger partial charge in [0.05, 0.1) is 0 Å². The number of benzene rings is 1. The van der Waals surface area contributed by atoms with Gasteiger partial charge in [-0.05, 0) is 11.6 Å². The zero-order chi connectivity index (χ0) is 10.7. The average Bonchev–Trinajstić information content (AvgIpc) is 2.49. The molecule has 1 aromatic carbocycles. The highest BCUT2D eigenvalue weighted by Crippen LogP contribution is 2.26. The third kappa shape index (κ3) is 2.24. The van der Waals surface area contributed by atoms with Crippen molar-refractivity contribution in [3.63, 3.8) is 0 Å². The third-order valence-corrected chi connectivity index (χ3v) is 3.43. The molecule has 1 aliphatic rings. The first-order valence-electron chi connectivity index (χ1n) is 4.71. The summed E-state index contributed by atoms with van der Waals surface area (Å²) in [4.78, 5) is 14.1. The minimum absolute atomic E-state index is 0.438. The highest BCUT2D eigenvalue weighted by Gasteiger charge is 2.18. The van der Waals surface area contributed by atoms with E-state index in [4.69, 9.17) is 5.21 Å². The lowest BCUT2D eigenvalue weighted by Crippen LogP contribution is -2.38. The van der Waals surface area contributed by atoms with E-state index in [9.17, 15) is 4.79 Å². The number of thioether (sulfide) groups is 1. The maximum absolute atomic E-state index is 11.3. The van der Waals surface area contributed by atoms with Gasteiger partial charge >= 0.3 is 6.03 Å². The van der Waals surface area contributed by atoms with Gasteiger partial charge in [0.1, 0.15) is 0 Å². The van der Waals surface area contributed by atoms with Crippen molar-refractivity contribution in [2.45, 2.75) is 11.4 Å². The Morgan fingerprint density at radius 1 is 1.47 bits per heavy atom. The highest BCUT2D eigenvalue weighted by atomic mass is 32.2. The molecule has 1 aromatic rings. The summed E-state index contributed by atoms with van der Waals surface area (Å²) < 4.78 is 0. The summed E-state index contributed by atoms with van der Waals surface area (Å²) in [6.07, 6.45) is 0. The summed E-state index contributed by atoms with van der Waals surface area (Å²) in [6.45, 7) is 1.20. The van der Waals surface area contributed by atoms with Gasteiger partial charge in [-0.15, -0.1) is 11.8 Å². The predicted molar refractivity (Wildman–Crippen MR) is 57.9 cm³/mol. The summed E-state index contributed by atoms with van der Waals surface area (Å²) in [5.74, 6) is 0.852. The quantitative estimate of drug-likeness (QED) is 0.521. The van der Waals surface area contributed by atoms with Crippen LogP contribution in [0.25, 0.3) is 0 Å². The molecule has 0 saturated carbocycles. The van der Waals surface area contributed by atoms with Crippen LogP contribution < -0.4 is 5.48 Å². The number of hydrogen-bond acceptors (Lipinski definition) is 3. The Hall–Kier alpha value is -1.20. The fraction of sp³-hybridized carbons (Fsp3) is 0.300. The molecular formula is C10H12N2O2S. The number of carbonyl (C=O) groups excluding carboxylic acids is 1. The number of hydroxylamine groups is 1. The highest BCUT2D eigenvalue weighted by molar-refractivity contribution is 7.99. The van der Waals surface area contributed by atoms with Crippen LogP contribution in [0.15, 0.2) is 29.2 Å². The second kappa shape index (κ2) is 4.55.